The minimum atomic E-state index is -3.86. The number of aliphatic carboxylic acids is 1. The fourth-order valence-corrected chi connectivity index (χ4v) is 5.73. The van der Waals surface area contributed by atoms with Crippen molar-refractivity contribution in [2.24, 2.45) is 0 Å². The predicted molar refractivity (Wildman–Crippen MR) is 73.1 cm³/mol. The largest absolute Gasteiger partial charge is 0.480 e. The molecule has 5 nitrogen and oxygen atoms in total. The first kappa shape index (κ1) is 14.8. The summed E-state index contributed by atoms with van der Waals surface area (Å²) in [6.07, 6.45) is 1.70. The van der Waals surface area contributed by atoms with E-state index < -0.39 is 22.0 Å². The summed E-state index contributed by atoms with van der Waals surface area (Å²) < 4.78 is 26.4. The Balaban J connectivity index is 2.47. The molecule has 0 aromatic carbocycles. The van der Waals surface area contributed by atoms with Crippen LogP contribution in [0.2, 0.25) is 4.34 Å². The lowest BCUT2D eigenvalue weighted by Crippen LogP contribution is -2.52. The van der Waals surface area contributed by atoms with Crippen LogP contribution in [0, 0.1) is 0 Å². The molecule has 2 heterocycles. The average molecular weight is 324 g/mol. The Morgan fingerprint density at radius 1 is 1.53 bits per heavy atom. The van der Waals surface area contributed by atoms with Gasteiger partial charge in [-0.05, 0) is 37.6 Å². The van der Waals surface area contributed by atoms with Gasteiger partial charge in [0, 0.05) is 6.04 Å². The lowest BCUT2D eigenvalue weighted by molar-refractivity contribution is -0.143. The minimum absolute atomic E-state index is 0.000772. The Kier molecular flexibility index (Phi) is 4.20. The quantitative estimate of drug-likeness (QED) is 0.927. The fourth-order valence-electron chi connectivity index (χ4n) is 2.39. The van der Waals surface area contributed by atoms with Gasteiger partial charge in [0.05, 0.1) is 0 Å². The Hall–Kier alpha value is -0.630. The van der Waals surface area contributed by atoms with Crippen LogP contribution in [0.4, 0.5) is 0 Å². The smallest absolute Gasteiger partial charge is 0.322 e. The maximum absolute atomic E-state index is 12.6. The Labute approximate surface area is 120 Å². The number of rotatable bonds is 3. The van der Waals surface area contributed by atoms with Gasteiger partial charge in [0.25, 0.3) is 0 Å². The van der Waals surface area contributed by atoms with Crippen LogP contribution in [0.3, 0.4) is 0 Å². The van der Waals surface area contributed by atoms with Crippen molar-refractivity contribution in [3.63, 3.8) is 0 Å². The third kappa shape index (κ3) is 2.65. The Bertz CT molecular complexity index is 583. The molecular formula is C11H14ClNO4S2. The van der Waals surface area contributed by atoms with Gasteiger partial charge >= 0.3 is 5.97 Å². The van der Waals surface area contributed by atoms with Gasteiger partial charge in [-0.2, -0.15) is 4.31 Å². The van der Waals surface area contributed by atoms with Crippen molar-refractivity contribution >= 4 is 38.9 Å². The lowest BCUT2D eigenvalue weighted by atomic mass is 10.00. The van der Waals surface area contributed by atoms with Gasteiger partial charge in [0.2, 0.25) is 10.0 Å². The zero-order valence-electron chi connectivity index (χ0n) is 10.2. The standard InChI is InChI=1S/C11H14ClNO4S2/c1-7-3-2-4-8(11(14)15)13(7)19(16,17)9-5-6-18-10(9)12/h5-8H,2-4H2,1H3,(H,14,15)/t7-,8-/m1/s1. The summed E-state index contributed by atoms with van der Waals surface area (Å²) in [7, 11) is -3.86. The number of carboxylic acid groups (broad SMARTS) is 1. The van der Waals surface area contributed by atoms with E-state index in [1.165, 1.54) is 6.07 Å². The zero-order valence-corrected chi connectivity index (χ0v) is 12.6. The molecule has 0 radical (unpaired) electrons. The molecule has 106 valence electrons. The molecule has 0 saturated carbocycles. The van der Waals surface area contributed by atoms with Crippen LogP contribution < -0.4 is 0 Å². The van der Waals surface area contributed by atoms with Gasteiger partial charge in [-0.15, -0.1) is 11.3 Å². The van der Waals surface area contributed by atoms with Crippen molar-refractivity contribution in [1.29, 1.82) is 0 Å². The highest BCUT2D eigenvalue weighted by Crippen LogP contribution is 2.35. The number of carboxylic acids is 1. The molecule has 1 aliphatic heterocycles. The summed E-state index contributed by atoms with van der Waals surface area (Å²) in [5, 5.41) is 10.8. The number of sulfonamides is 1. The highest BCUT2D eigenvalue weighted by atomic mass is 35.5. The van der Waals surface area contributed by atoms with Crippen LogP contribution in [0.25, 0.3) is 0 Å². The topological polar surface area (TPSA) is 74.7 Å². The van der Waals surface area contributed by atoms with Crippen LogP contribution in [0.15, 0.2) is 16.3 Å². The van der Waals surface area contributed by atoms with Crippen molar-refractivity contribution < 1.29 is 18.3 Å². The molecule has 0 spiro atoms. The van der Waals surface area contributed by atoms with E-state index in [0.717, 1.165) is 15.6 Å². The molecule has 0 aliphatic carbocycles. The van der Waals surface area contributed by atoms with Crippen molar-refractivity contribution in [1.82, 2.24) is 4.31 Å². The first-order chi connectivity index (χ1) is 8.85. The highest BCUT2D eigenvalue weighted by molar-refractivity contribution is 7.89. The predicted octanol–water partition coefficient (Wildman–Crippen LogP) is 2.42. The molecule has 2 rings (SSSR count). The molecule has 0 unspecified atom stereocenters. The summed E-state index contributed by atoms with van der Waals surface area (Å²) in [6.45, 7) is 1.73. The van der Waals surface area contributed by atoms with E-state index in [2.05, 4.69) is 0 Å². The van der Waals surface area contributed by atoms with Gasteiger partial charge in [0.15, 0.2) is 0 Å². The van der Waals surface area contributed by atoms with Crippen LogP contribution in [0.1, 0.15) is 26.2 Å². The van der Waals surface area contributed by atoms with Crippen molar-refractivity contribution in [3.05, 3.63) is 15.8 Å². The number of hydrogen-bond donors (Lipinski definition) is 1. The molecule has 0 bridgehead atoms. The second-order valence-electron chi connectivity index (χ2n) is 4.53. The number of carbonyl (C=O) groups is 1. The Morgan fingerprint density at radius 2 is 2.21 bits per heavy atom. The second-order valence-corrected chi connectivity index (χ2v) is 7.86. The van der Waals surface area contributed by atoms with Gasteiger partial charge < -0.3 is 5.11 Å². The summed E-state index contributed by atoms with van der Waals surface area (Å²) in [5.74, 6) is -1.11. The molecule has 1 aromatic heterocycles. The molecule has 2 atom stereocenters. The summed E-state index contributed by atoms with van der Waals surface area (Å²) in [5.41, 5.74) is 0. The van der Waals surface area contributed by atoms with Crippen LogP contribution in [-0.2, 0) is 14.8 Å². The molecule has 0 amide bonds. The van der Waals surface area contributed by atoms with Crippen molar-refractivity contribution in [3.8, 4) is 0 Å². The monoisotopic (exact) mass is 323 g/mol. The van der Waals surface area contributed by atoms with Crippen LogP contribution >= 0.6 is 22.9 Å². The molecule has 1 aromatic rings. The first-order valence-electron chi connectivity index (χ1n) is 5.85. The molecular weight excluding hydrogens is 310 g/mol. The van der Waals surface area contributed by atoms with Gasteiger partial charge in [-0.3, -0.25) is 4.79 Å². The normalized spacial score (nSPS) is 25.4. The second kappa shape index (κ2) is 5.40. The molecule has 1 N–H and O–H groups in total. The molecule has 19 heavy (non-hydrogen) atoms. The van der Waals surface area contributed by atoms with Gasteiger partial charge in [-0.1, -0.05) is 11.6 Å². The van der Waals surface area contributed by atoms with Crippen LogP contribution in [0.5, 0.6) is 0 Å². The number of halogens is 1. The number of piperidine rings is 1. The van der Waals surface area contributed by atoms with Gasteiger partial charge in [0.1, 0.15) is 15.3 Å². The third-order valence-corrected chi connectivity index (χ3v) is 6.74. The Morgan fingerprint density at radius 3 is 2.74 bits per heavy atom. The van der Waals surface area contributed by atoms with Gasteiger partial charge in [-0.25, -0.2) is 8.42 Å². The zero-order chi connectivity index (χ0) is 14.2. The molecule has 1 aliphatic rings. The van der Waals surface area contributed by atoms with Crippen molar-refractivity contribution in [2.45, 2.75) is 43.2 Å². The maximum Gasteiger partial charge on any atom is 0.322 e. The summed E-state index contributed by atoms with van der Waals surface area (Å²) in [6, 6.07) is 0.0725. The van der Waals surface area contributed by atoms with E-state index in [-0.39, 0.29) is 15.3 Å². The number of thiophene rings is 1. The summed E-state index contributed by atoms with van der Waals surface area (Å²) in [4.78, 5) is 11.3. The van der Waals surface area contributed by atoms with E-state index in [0.29, 0.717) is 19.3 Å². The lowest BCUT2D eigenvalue weighted by Gasteiger charge is -2.36. The SMILES string of the molecule is C[C@@H]1CCC[C@H](C(=O)O)N1S(=O)(=O)c1ccsc1Cl. The third-order valence-electron chi connectivity index (χ3n) is 3.27. The van der Waals surface area contributed by atoms with E-state index in [9.17, 15) is 18.3 Å². The number of nitrogens with zero attached hydrogens (tertiary/aromatic N) is 1. The van der Waals surface area contributed by atoms with E-state index in [4.69, 9.17) is 11.6 Å². The number of hydrogen-bond acceptors (Lipinski definition) is 4. The maximum atomic E-state index is 12.6. The molecule has 1 saturated heterocycles. The van der Waals surface area contributed by atoms with E-state index in [1.54, 1.807) is 12.3 Å². The molecule has 1 fully saturated rings. The van der Waals surface area contributed by atoms with E-state index >= 15 is 0 Å². The molecule has 8 heteroatoms. The van der Waals surface area contributed by atoms with Crippen LogP contribution in [-0.4, -0.2) is 35.9 Å². The average Bonchev–Trinajstić information content (AvgIpc) is 2.75. The van der Waals surface area contributed by atoms with E-state index in [1.807, 2.05) is 0 Å². The fraction of sp³-hybridized carbons (Fsp3) is 0.545. The minimum Gasteiger partial charge on any atom is -0.480 e. The summed E-state index contributed by atoms with van der Waals surface area (Å²) >= 11 is 7.00. The first-order valence-corrected chi connectivity index (χ1v) is 8.55. The highest BCUT2D eigenvalue weighted by Gasteiger charge is 2.42. The van der Waals surface area contributed by atoms with Crippen molar-refractivity contribution in [2.75, 3.05) is 0 Å².